The number of likely N-dealkylation sites (tertiary alicyclic amines) is 1. The lowest BCUT2D eigenvalue weighted by Crippen LogP contribution is -2.38. The van der Waals surface area contributed by atoms with Crippen molar-refractivity contribution in [2.75, 3.05) is 26.7 Å². The first-order valence-electron chi connectivity index (χ1n) is 9.58. The maximum absolute atomic E-state index is 12.4. The molecule has 1 aromatic carbocycles. The van der Waals surface area contributed by atoms with E-state index in [9.17, 15) is 4.79 Å². The summed E-state index contributed by atoms with van der Waals surface area (Å²) in [6.45, 7) is 2.78. The smallest absolute Gasteiger partial charge is 0.220 e. The minimum Gasteiger partial charge on any atom is -0.496 e. The number of benzene rings is 1. The molecule has 2 fully saturated rings. The molecule has 1 unspecified atom stereocenters. The number of nitrogens with two attached hydrogens (primary N) is 1. The number of hydrogen-bond acceptors (Lipinski definition) is 4. The van der Waals surface area contributed by atoms with Crippen molar-refractivity contribution in [3.63, 3.8) is 0 Å². The monoisotopic (exact) mass is 417 g/mol. The Bertz CT molecular complexity index is 582. The summed E-state index contributed by atoms with van der Waals surface area (Å²) in [6, 6.07) is 8.50. The zero-order valence-electron chi connectivity index (χ0n) is 16.1. The fourth-order valence-electron chi connectivity index (χ4n) is 4.27. The number of carbonyl (C=O) groups is 1. The van der Waals surface area contributed by atoms with E-state index in [4.69, 9.17) is 10.5 Å². The second kappa shape index (κ2) is 11.7. The molecular weight excluding hydrogens is 385 g/mol. The van der Waals surface area contributed by atoms with Crippen LogP contribution < -0.4 is 15.8 Å². The van der Waals surface area contributed by atoms with Gasteiger partial charge in [-0.3, -0.25) is 9.69 Å². The average Bonchev–Trinajstić information content (AvgIpc) is 3.28. The van der Waals surface area contributed by atoms with E-state index < -0.39 is 0 Å². The topological polar surface area (TPSA) is 67.6 Å². The van der Waals surface area contributed by atoms with Gasteiger partial charge in [0.05, 0.1) is 13.2 Å². The zero-order valence-corrected chi connectivity index (χ0v) is 17.7. The van der Waals surface area contributed by atoms with E-state index in [0.717, 1.165) is 43.7 Å². The molecule has 0 bridgehead atoms. The summed E-state index contributed by atoms with van der Waals surface area (Å²) < 4.78 is 5.56. The second-order valence-corrected chi connectivity index (χ2v) is 7.36. The third-order valence-electron chi connectivity index (χ3n) is 5.74. The third kappa shape index (κ3) is 6.24. The Kier molecular flexibility index (Phi) is 10.5. The lowest BCUT2D eigenvalue weighted by atomic mass is 9.99. The number of nitrogens with one attached hydrogen (secondary N) is 1. The van der Waals surface area contributed by atoms with Gasteiger partial charge < -0.3 is 15.8 Å². The highest BCUT2D eigenvalue weighted by Gasteiger charge is 2.28. The van der Waals surface area contributed by atoms with Gasteiger partial charge >= 0.3 is 0 Å². The Labute approximate surface area is 175 Å². The van der Waals surface area contributed by atoms with Gasteiger partial charge in [0.1, 0.15) is 5.75 Å². The van der Waals surface area contributed by atoms with Crippen molar-refractivity contribution >= 4 is 30.7 Å². The van der Waals surface area contributed by atoms with Gasteiger partial charge in [0.15, 0.2) is 0 Å². The van der Waals surface area contributed by atoms with Crippen molar-refractivity contribution in [2.24, 2.45) is 11.7 Å². The second-order valence-electron chi connectivity index (χ2n) is 7.36. The maximum Gasteiger partial charge on any atom is 0.220 e. The number of hydrogen-bond donors (Lipinski definition) is 2. The summed E-state index contributed by atoms with van der Waals surface area (Å²) >= 11 is 0. The predicted molar refractivity (Wildman–Crippen MR) is 114 cm³/mol. The van der Waals surface area contributed by atoms with Gasteiger partial charge in [0, 0.05) is 24.6 Å². The summed E-state index contributed by atoms with van der Waals surface area (Å²) in [5, 5.41) is 3.17. The molecule has 5 nitrogen and oxygen atoms in total. The van der Waals surface area contributed by atoms with E-state index in [1.165, 1.54) is 12.8 Å². The number of methoxy groups -OCH3 is 1. The molecule has 1 aliphatic heterocycles. The van der Waals surface area contributed by atoms with Crippen molar-refractivity contribution < 1.29 is 9.53 Å². The van der Waals surface area contributed by atoms with Crippen LogP contribution in [0.15, 0.2) is 24.3 Å². The Morgan fingerprint density at radius 2 is 1.93 bits per heavy atom. The first-order chi connectivity index (χ1) is 12.2. The molecule has 2 aliphatic rings. The summed E-state index contributed by atoms with van der Waals surface area (Å²) in [5.74, 6) is 1.37. The Hall–Kier alpha value is -1.01. The van der Waals surface area contributed by atoms with E-state index >= 15 is 0 Å². The number of carbonyl (C=O) groups excluding carboxylic acids is 1. The summed E-state index contributed by atoms with van der Waals surface area (Å²) in [7, 11) is 1.71. The first kappa shape index (κ1) is 24.0. The van der Waals surface area contributed by atoms with E-state index in [-0.39, 0.29) is 42.8 Å². The van der Waals surface area contributed by atoms with Gasteiger partial charge in [-0.05, 0) is 50.8 Å². The number of para-hydroxylation sites is 1. The molecule has 3 rings (SSSR count). The van der Waals surface area contributed by atoms with Gasteiger partial charge in [-0.2, -0.15) is 0 Å². The molecule has 0 aromatic heterocycles. The molecule has 0 radical (unpaired) electrons. The van der Waals surface area contributed by atoms with Crippen LogP contribution in [0, 0.1) is 5.92 Å². The SMILES string of the molecule is COc1ccccc1C(CNC(=O)C[C@@H]1CCC[C@H]1N)N1CCCC1.Cl.Cl. The molecule has 3 N–H and O–H groups in total. The fraction of sp³-hybridized carbons (Fsp3) is 0.650. The van der Waals surface area contributed by atoms with E-state index in [2.05, 4.69) is 16.3 Å². The molecule has 0 spiro atoms. The minimum absolute atomic E-state index is 0. The van der Waals surface area contributed by atoms with Crippen LogP contribution in [-0.2, 0) is 4.79 Å². The largest absolute Gasteiger partial charge is 0.496 e. The quantitative estimate of drug-likeness (QED) is 0.713. The van der Waals surface area contributed by atoms with Gasteiger partial charge in [0.2, 0.25) is 5.91 Å². The lowest BCUT2D eigenvalue weighted by molar-refractivity contribution is -0.122. The molecule has 1 saturated heterocycles. The molecule has 1 aliphatic carbocycles. The molecular formula is C20H33Cl2N3O2. The van der Waals surface area contributed by atoms with Crippen LogP contribution in [-0.4, -0.2) is 43.6 Å². The van der Waals surface area contributed by atoms with Crippen LogP contribution in [0.4, 0.5) is 0 Å². The summed E-state index contributed by atoms with van der Waals surface area (Å²) in [6.07, 6.45) is 6.27. The van der Waals surface area contributed by atoms with Crippen LogP contribution in [0.3, 0.4) is 0 Å². The van der Waals surface area contributed by atoms with Crippen molar-refractivity contribution in [2.45, 2.75) is 50.6 Å². The minimum atomic E-state index is 0. The predicted octanol–water partition coefficient (Wildman–Crippen LogP) is 3.31. The van der Waals surface area contributed by atoms with Crippen molar-refractivity contribution in [1.29, 1.82) is 0 Å². The summed E-state index contributed by atoms with van der Waals surface area (Å²) in [5.41, 5.74) is 7.26. The van der Waals surface area contributed by atoms with Crippen LogP contribution in [0.2, 0.25) is 0 Å². The highest BCUT2D eigenvalue weighted by Crippen LogP contribution is 2.31. The van der Waals surface area contributed by atoms with Crippen LogP contribution in [0.1, 0.15) is 50.1 Å². The van der Waals surface area contributed by atoms with Gasteiger partial charge in [-0.25, -0.2) is 0 Å². The summed E-state index contributed by atoms with van der Waals surface area (Å²) in [4.78, 5) is 14.9. The highest BCUT2D eigenvalue weighted by molar-refractivity contribution is 5.85. The van der Waals surface area contributed by atoms with Crippen molar-refractivity contribution in [3.05, 3.63) is 29.8 Å². The van der Waals surface area contributed by atoms with E-state index in [1.54, 1.807) is 7.11 Å². The fourth-order valence-corrected chi connectivity index (χ4v) is 4.27. The average molecular weight is 418 g/mol. The molecule has 1 heterocycles. The molecule has 1 saturated carbocycles. The molecule has 154 valence electrons. The van der Waals surface area contributed by atoms with Crippen molar-refractivity contribution in [3.8, 4) is 5.75 Å². The van der Waals surface area contributed by atoms with Crippen LogP contribution in [0.5, 0.6) is 5.75 Å². The standard InChI is InChI=1S/C20H31N3O2.2ClH/c1-25-19-10-3-2-8-16(19)18(23-11-4-5-12-23)14-22-20(24)13-15-7-6-9-17(15)21;;/h2-3,8,10,15,17-18H,4-7,9,11-14,21H2,1H3,(H,22,24);2*1H/t15-,17+,18?;;/m0../s1. The zero-order chi connectivity index (χ0) is 17.6. The molecule has 27 heavy (non-hydrogen) atoms. The molecule has 1 aromatic rings. The normalized spacial score (nSPS) is 23.2. The number of ether oxygens (including phenoxy) is 1. The van der Waals surface area contributed by atoms with Gasteiger partial charge in [0.25, 0.3) is 0 Å². The van der Waals surface area contributed by atoms with Gasteiger partial charge in [-0.1, -0.05) is 24.6 Å². The van der Waals surface area contributed by atoms with E-state index in [0.29, 0.717) is 18.9 Å². The van der Waals surface area contributed by atoms with Crippen molar-refractivity contribution in [1.82, 2.24) is 10.2 Å². The number of rotatable bonds is 7. The van der Waals surface area contributed by atoms with Gasteiger partial charge in [-0.15, -0.1) is 24.8 Å². The Balaban J connectivity index is 0.00000182. The molecule has 7 heteroatoms. The maximum atomic E-state index is 12.4. The Morgan fingerprint density at radius 1 is 1.22 bits per heavy atom. The number of nitrogens with zero attached hydrogens (tertiary/aromatic N) is 1. The Morgan fingerprint density at radius 3 is 2.56 bits per heavy atom. The van der Waals surface area contributed by atoms with Crippen LogP contribution >= 0.6 is 24.8 Å². The molecule has 1 amide bonds. The van der Waals surface area contributed by atoms with Crippen LogP contribution in [0.25, 0.3) is 0 Å². The lowest BCUT2D eigenvalue weighted by Gasteiger charge is -2.29. The highest BCUT2D eigenvalue weighted by atomic mass is 35.5. The third-order valence-corrected chi connectivity index (χ3v) is 5.74. The molecule has 3 atom stereocenters. The van der Waals surface area contributed by atoms with E-state index in [1.807, 2.05) is 18.2 Å². The number of amides is 1. The number of halogens is 2. The first-order valence-corrected chi connectivity index (χ1v) is 9.58.